The SMILES string of the molecule is C=CSC1=C(C)C=CC(c2ccc3c(c2)N(C)C2=C(C=CC(c4cccc(SC=NC)c4)=CC2)O3)CC1. The Hall–Kier alpha value is -3.15. The minimum Gasteiger partial charge on any atom is -0.453 e. The molecule has 0 bridgehead atoms. The molecular weight excluding hydrogens is 492 g/mol. The van der Waals surface area contributed by atoms with Gasteiger partial charge in [-0.2, -0.15) is 0 Å². The third-order valence-electron chi connectivity index (χ3n) is 7.00. The maximum Gasteiger partial charge on any atom is 0.151 e. The minimum absolute atomic E-state index is 0.385. The number of benzene rings is 2. The van der Waals surface area contributed by atoms with E-state index in [1.807, 2.05) is 11.0 Å². The van der Waals surface area contributed by atoms with Gasteiger partial charge >= 0.3 is 0 Å². The first-order valence-corrected chi connectivity index (χ1v) is 14.3. The molecule has 5 rings (SSSR count). The number of fused-ring (bicyclic) bond motifs is 1. The summed E-state index contributed by atoms with van der Waals surface area (Å²) in [6, 6.07) is 15.3. The van der Waals surface area contributed by atoms with Crippen LogP contribution in [0.1, 0.15) is 43.2 Å². The first-order chi connectivity index (χ1) is 18.1. The smallest absolute Gasteiger partial charge is 0.151 e. The molecule has 0 saturated heterocycles. The zero-order valence-corrected chi connectivity index (χ0v) is 23.2. The molecule has 3 aliphatic rings. The number of hydrogen-bond donors (Lipinski definition) is 0. The van der Waals surface area contributed by atoms with Gasteiger partial charge in [-0.05, 0) is 82.7 Å². The molecule has 0 N–H and O–H groups in total. The summed E-state index contributed by atoms with van der Waals surface area (Å²) in [6.07, 6.45) is 14.2. The minimum atomic E-state index is 0.385. The number of nitrogens with zero attached hydrogens (tertiary/aromatic N) is 2. The van der Waals surface area contributed by atoms with Crippen LogP contribution < -0.4 is 9.64 Å². The second kappa shape index (κ2) is 11.5. The van der Waals surface area contributed by atoms with Gasteiger partial charge in [0, 0.05) is 31.3 Å². The van der Waals surface area contributed by atoms with Gasteiger partial charge in [0.05, 0.1) is 16.9 Å². The van der Waals surface area contributed by atoms with Crippen LogP contribution in [-0.4, -0.2) is 19.6 Å². The van der Waals surface area contributed by atoms with Gasteiger partial charge in [0.15, 0.2) is 5.75 Å². The van der Waals surface area contributed by atoms with E-state index in [-0.39, 0.29) is 0 Å². The number of rotatable bonds is 6. The first kappa shape index (κ1) is 25.5. The van der Waals surface area contributed by atoms with Crippen molar-refractivity contribution in [3.8, 4) is 5.75 Å². The number of hydrogen-bond acceptors (Lipinski definition) is 5. The predicted molar refractivity (Wildman–Crippen MR) is 163 cm³/mol. The Kier molecular flexibility index (Phi) is 7.92. The average Bonchev–Trinajstić information content (AvgIpc) is 3.24. The fraction of sp³-hybridized carbons (Fsp3) is 0.219. The van der Waals surface area contributed by atoms with Gasteiger partial charge in [0.2, 0.25) is 0 Å². The molecule has 1 aliphatic heterocycles. The molecule has 0 radical (unpaired) electrons. The van der Waals surface area contributed by atoms with Crippen LogP contribution in [0.4, 0.5) is 5.69 Å². The molecule has 5 heteroatoms. The molecule has 1 unspecified atom stereocenters. The summed E-state index contributed by atoms with van der Waals surface area (Å²) in [7, 11) is 3.95. The standard InChI is InChI=1S/C32H32N2OS2/c1-5-36-32-18-14-23(10-9-22(32)2)26-13-17-31-29(20-26)34(4)28-15-11-24(12-16-30(28)35-31)25-7-6-8-27(19-25)37-21-33-3/h5-13,16-17,19-21,23H,1,14-15,18H2,2-4H3. The van der Waals surface area contributed by atoms with Gasteiger partial charge in [0.25, 0.3) is 0 Å². The van der Waals surface area contributed by atoms with Crippen LogP contribution in [-0.2, 0) is 0 Å². The molecule has 2 aliphatic carbocycles. The second-order valence-electron chi connectivity index (χ2n) is 9.30. The maximum absolute atomic E-state index is 6.44. The third-order valence-corrected chi connectivity index (χ3v) is 8.82. The van der Waals surface area contributed by atoms with E-state index in [1.54, 1.807) is 30.6 Å². The molecule has 0 spiro atoms. The highest BCUT2D eigenvalue weighted by Crippen LogP contribution is 2.43. The maximum atomic E-state index is 6.44. The average molecular weight is 525 g/mol. The van der Waals surface area contributed by atoms with Crippen molar-refractivity contribution in [1.82, 2.24) is 0 Å². The number of ether oxygens (including phenoxy) is 1. The molecule has 1 atom stereocenters. The highest BCUT2D eigenvalue weighted by Gasteiger charge is 2.25. The van der Waals surface area contributed by atoms with Crippen LogP contribution in [0.3, 0.4) is 0 Å². The van der Waals surface area contributed by atoms with Crippen molar-refractivity contribution in [2.45, 2.75) is 37.0 Å². The van der Waals surface area contributed by atoms with Crippen molar-refractivity contribution >= 4 is 40.3 Å². The van der Waals surface area contributed by atoms with E-state index in [9.17, 15) is 0 Å². The Labute approximate surface area is 229 Å². The Bertz CT molecular complexity index is 1390. The third kappa shape index (κ3) is 5.58. The highest BCUT2D eigenvalue weighted by atomic mass is 32.2. The summed E-state index contributed by atoms with van der Waals surface area (Å²) >= 11 is 3.38. The van der Waals surface area contributed by atoms with Gasteiger partial charge in [0.1, 0.15) is 5.76 Å². The Morgan fingerprint density at radius 2 is 2.00 bits per heavy atom. The zero-order valence-electron chi connectivity index (χ0n) is 21.6. The van der Waals surface area contributed by atoms with Crippen molar-refractivity contribution in [2.24, 2.45) is 4.99 Å². The van der Waals surface area contributed by atoms with E-state index in [0.717, 1.165) is 36.5 Å². The lowest BCUT2D eigenvalue weighted by atomic mass is 9.93. The molecule has 0 saturated carbocycles. The van der Waals surface area contributed by atoms with Gasteiger partial charge < -0.3 is 9.64 Å². The van der Waals surface area contributed by atoms with Crippen LogP contribution in [0.2, 0.25) is 0 Å². The van der Waals surface area contributed by atoms with Crippen molar-refractivity contribution in [1.29, 1.82) is 0 Å². The van der Waals surface area contributed by atoms with Crippen LogP contribution in [0.15, 0.2) is 117 Å². The molecule has 2 aromatic rings. The number of aliphatic imine (C=N–C) groups is 1. The summed E-state index contributed by atoms with van der Waals surface area (Å²) in [6.45, 7) is 6.09. The summed E-state index contributed by atoms with van der Waals surface area (Å²) in [5, 5.41) is 1.93. The number of anilines is 1. The molecule has 0 amide bonds. The van der Waals surface area contributed by atoms with Gasteiger partial charge in [-0.15, -0.1) is 11.8 Å². The Morgan fingerprint density at radius 3 is 2.84 bits per heavy atom. The van der Waals surface area contributed by atoms with Crippen LogP contribution in [0.25, 0.3) is 5.57 Å². The first-order valence-electron chi connectivity index (χ1n) is 12.6. The van der Waals surface area contributed by atoms with Gasteiger partial charge in [-0.25, -0.2) is 0 Å². The van der Waals surface area contributed by atoms with Gasteiger partial charge in [-0.1, -0.05) is 60.8 Å². The molecule has 0 aromatic heterocycles. The number of thioether (sulfide) groups is 2. The van der Waals surface area contributed by atoms with Crippen molar-refractivity contribution in [3.05, 3.63) is 118 Å². The van der Waals surface area contributed by atoms with Crippen molar-refractivity contribution in [2.75, 3.05) is 19.0 Å². The van der Waals surface area contributed by atoms with E-state index in [4.69, 9.17) is 4.74 Å². The van der Waals surface area contributed by atoms with E-state index >= 15 is 0 Å². The summed E-state index contributed by atoms with van der Waals surface area (Å²) in [5.74, 6) is 2.21. The monoisotopic (exact) mass is 524 g/mol. The highest BCUT2D eigenvalue weighted by molar-refractivity contribution is 8.12. The normalized spacial score (nSPS) is 19.3. The van der Waals surface area contributed by atoms with E-state index in [1.165, 1.54) is 37.8 Å². The number of allylic oxidation sites excluding steroid dienone is 8. The largest absolute Gasteiger partial charge is 0.453 e. The van der Waals surface area contributed by atoms with Crippen LogP contribution in [0.5, 0.6) is 5.75 Å². The van der Waals surface area contributed by atoms with E-state index in [2.05, 4.69) is 103 Å². The molecule has 188 valence electrons. The molecular formula is C32H32N2OS2. The van der Waals surface area contributed by atoms with Crippen molar-refractivity contribution in [3.63, 3.8) is 0 Å². The lowest BCUT2D eigenvalue weighted by Gasteiger charge is -2.31. The lowest BCUT2D eigenvalue weighted by Crippen LogP contribution is -2.24. The predicted octanol–water partition coefficient (Wildman–Crippen LogP) is 9.10. The van der Waals surface area contributed by atoms with Crippen LogP contribution >= 0.6 is 23.5 Å². The quantitative estimate of drug-likeness (QED) is 0.214. The Morgan fingerprint density at radius 1 is 1.11 bits per heavy atom. The van der Waals surface area contributed by atoms with E-state index in [0.29, 0.717) is 5.92 Å². The fourth-order valence-corrected chi connectivity index (χ4v) is 6.22. The van der Waals surface area contributed by atoms with Crippen LogP contribution in [0, 0.1) is 0 Å². The summed E-state index contributed by atoms with van der Waals surface area (Å²) < 4.78 is 6.44. The van der Waals surface area contributed by atoms with E-state index < -0.39 is 0 Å². The molecule has 1 heterocycles. The topological polar surface area (TPSA) is 24.8 Å². The van der Waals surface area contributed by atoms with Gasteiger partial charge in [-0.3, -0.25) is 4.99 Å². The zero-order chi connectivity index (χ0) is 25.8. The summed E-state index contributed by atoms with van der Waals surface area (Å²) in [5.41, 5.74) is 9.25. The molecule has 37 heavy (non-hydrogen) atoms. The molecule has 0 fully saturated rings. The fourth-order valence-electron chi connectivity index (χ4n) is 4.95. The lowest BCUT2D eigenvalue weighted by molar-refractivity contribution is 0.424. The summed E-state index contributed by atoms with van der Waals surface area (Å²) in [4.78, 5) is 8.99. The Balaban J connectivity index is 1.36. The molecule has 3 nitrogen and oxygen atoms in total. The molecule has 2 aromatic carbocycles. The second-order valence-corrected chi connectivity index (χ2v) is 11.3. The van der Waals surface area contributed by atoms with Crippen molar-refractivity contribution < 1.29 is 4.74 Å².